The van der Waals surface area contributed by atoms with Crippen molar-refractivity contribution < 1.29 is 9.47 Å². The van der Waals surface area contributed by atoms with Gasteiger partial charge in [-0.1, -0.05) is 11.6 Å². The third kappa shape index (κ3) is 3.62. The van der Waals surface area contributed by atoms with E-state index in [4.69, 9.17) is 26.8 Å². The smallest absolute Gasteiger partial charge is 0.165 e. The molecule has 0 aliphatic heterocycles. The van der Waals surface area contributed by atoms with Crippen molar-refractivity contribution in [3.05, 3.63) is 52.8 Å². The highest BCUT2D eigenvalue weighted by molar-refractivity contribution is 6.30. The zero-order chi connectivity index (χ0) is 14.4. The third-order valence-corrected chi connectivity index (χ3v) is 3.14. The van der Waals surface area contributed by atoms with Crippen molar-refractivity contribution in [3.63, 3.8) is 0 Å². The number of rotatable bonds is 6. The van der Waals surface area contributed by atoms with Crippen molar-refractivity contribution in [1.29, 1.82) is 0 Å². The molecule has 106 valence electrons. The highest BCUT2D eigenvalue weighted by Crippen LogP contribution is 2.34. The Morgan fingerprint density at radius 2 is 2.00 bits per heavy atom. The monoisotopic (exact) mass is 292 g/mol. The van der Waals surface area contributed by atoms with Crippen LogP contribution in [-0.4, -0.2) is 18.7 Å². The minimum atomic E-state index is 0.349. The summed E-state index contributed by atoms with van der Waals surface area (Å²) < 4.78 is 11.1. The van der Waals surface area contributed by atoms with Crippen LogP contribution in [0.25, 0.3) is 0 Å². The first-order valence-corrected chi connectivity index (χ1v) is 6.70. The summed E-state index contributed by atoms with van der Waals surface area (Å²) in [4.78, 5) is 3.98. The van der Waals surface area contributed by atoms with Gasteiger partial charge in [0.05, 0.1) is 13.7 Å². The zero-order valence-corrected chi connectivity index (χ0v) is 12.1. The number of halogens is 1. The van der Waals surface area contributed by atoms with Crippen LogP contribution in [0.3, 0.4) is 0 Å². The van der Waals surface area contributed by atoms with Crippen LogP contribution in [0.5, 0.6) is 11.5 Å². The van der Waals surface area contributed by atoms with Gasteiger partial charge in [0.15, 0.2) is 11.5 Å². The van der Waals surface area contributed by atoms with E-state index in [9.17, 15) is 0 Å². The Balaban J connectivity index is 2.08. The normalized spacial score (nSPS) is 10.3. The van der Waals surface area contributed by atoms with Crippen LogP contribution in [-0.2, 0) is 13.0 Å². The van der Waals surface area contributed by atoms with Gasteiger partial charge in [-0.15, -0.1) is 0 Å². The fraction of sp³-hybridized carbons (Fsp3) is 0.267. The maximum atomic E-state index is 6.01. The van der Waals surface area contributed by atoms with E-state index in [1.165, 1.54) is 5.56 Å². The van der Waals surface area contributed by atoms with Crippen LogP contribution in [0, 0.1) is 0 Å². The van der Waals surface area contributed by atoms with E-state index in [0.29, 0.717) is 29.7 Å². The van der Waals surface area contributed by atoms with E-state index in [2.05, 4.69) is 4.98 Å². The van der Waals surface area contributed by atoms with E-state index < -0.39 is 0 Å². The first-order chi connectivity index (χ1) is 9.74. The molecule has 0 fully saturated rings. The van der Waals surface area contributed by atoms with Crippen LogP contribution in [0.1, 0.15) is 11.1 Å². The predicted octanol–water partition coefficient (Wildman–Crippen LogP) is 2.82. The van der Waals surface area contributed by atoms with E-state index in [0.717, 1.165) is 12.0 Å². The van der Waals surface area contributed by atoms with Crippen LogP contribution in [0.15, 0.2) is 36.7 Å². The molecule has 4 nitrogen and oxygen atoms in total. The first-order valence-electron chi connectivity index (χ1n) is 6.32. The molecule has 0 spiro atoms. The maximum Gasteiger partial charge on any atom is 0.165 e. The van der Waals surface area contributed by atoms with Crippen LogP contribution in [0.4, 0.5) is 0 Å². The fourth-order valence-electron chi connectivity index (χ4n) is 1.91. The molecule has 0 amide bonds. The SMILES string of the molecule is COc1cc(Cl)cc(CN)c1OCCc1ccncc1. The Bertz CT molecular complexity index is 536. The molecule has 2 N–H and O–H groups in total. The van der Waals surface area contributed by atoms with Crippen LogP contribution >= 0.6 is 11.6 Å². The quantitative estimate of drug-likeness (QED) is 0.889. The van der Waals surface area contributed by atoms with E-state index in [-0.39, 0.29) is 0 Å². The van der Waals surface area contributed by atoms with Crippen LogP contribution in [0.2, 0.25) is 5.02 Å². The summed E-state index contributed by atoms with van der Waals surface area (Å²) >= 11 is 6.01. The molecular weight excluding hydrogens is 276 g/mol. The van der Waals surface area contributed by atoms with Gasteiger partial charge < -0.3 is 15.2 Å². The number of hydrogen-bond acceptors (Lipinski definition) is 4. The van der Waals surface area contributed by atoms with Crippen molar-refractivity contribution in [2.75, 3.05) is 13.7 Å². The van der Waals surface area contributed by atoms with Gasteiger partial charge in [-0.05, 0) is 23.8 Å². The Labute approximate surface area is 123 Å². The molecule has 20 heavy (non-hydrogen) atoms. The van der Waals surface area contributed by atoms with E-state index in [1.54, 1.807) is 31.6 Å². The lowest BCUT2D eigenvalue weighted by Crippen LogP contribution is -2.07. The molecular formula is C15H17ClN2O2. The lowest BCUT2D eigenvalue weighted by molar-refractivity contribution is 0.294. The van der Waals surface area contributed by atoms with Crippen molar-refractivity contribution in [3.8, 4) is 11.5 Å². The second kappa shape index (κ2) is 7.12. The minimum absolute atomic E-state index is 0.349. The number of nitrogens with zero attached hydrogens (tertiary/aromatic N) is 1. The maximum absolute atomic E-state index is 6.01. The van der Waals surface area contributed by atoms with E-state index >= 15 is 0 Å². The van der Waals surface area contributed by atoms with Crippen molar-refractivity contribution in [1.82, 2.24) is 4.98 Å². The molecule has 1 aromatic heterocycles. The number of aromatic nitrogens is 1. The summed E-state index contributed by atoms with van der Waals surface area (Å²) in [6, 6.07) is 7.45. The molecule has 0 unspecified atom stereocenters. The van der Waals surface area contributed by atoms with Gasteiger partial charge in [0, 0.05) is 42.0 Å². The molecule has 1 aromatic carbocycles. The predicted molar refractivity (Wildman–Crippen MR) is 79.3 cm³/mol. The Morgan fingerprint density at radius 1 is 1.25 bits per heavy atom. The summed E-state index contributed by atoms with van der Waals surface area (Å²) in [6.07, 6.45) is 4.32. The summed E-state index contributed by atoms with van der Waals surface area (Å²) in [5, 5.41) is 0.587. The van der Waals surface area contributed by atoms with Gasteiger partial charge >= 0.3 is 0 Å². The third-order valence-electron chi connectivity index (χ3n) is 2.92. The van der Waals surface area contributed by atoms with Gasteiger partial charge in [-0.3, -0.25) is 4.98 Å². The summed E-state index contributed by atoms with van der Waals surface area (Å²) in [7, 11) is 1.59. The van der Waals surface area contributed by atoms with Crippen molar-refractivity contribution in [2.24, 2.45) is 5.73 Å². The number of ether oxygens (including phenoxy) is 2. The van der Waals surface area contributed by atoms with Gasteiger partial charge in [-0.2, -0.15) is 0 Å². The Hall–Kier alpha value is -1.78. The summed E-state index contributed by atoms with van der Waals surface area (Å²) in [6.45, 7) is 0.885. The minimum Gasteiger partial charge on any atom is -0.493 e. The number of nitrogens with two attached hydrogens (primary N) is 1. The zero-order valence-electron chi connectivity index (χ0n) is 11.3. The van der Waals surface area contributed by atoms with Gasteiger partial charge in [-0.25, -0.2) is 0 Å². The lowest BCUT2D eigenvalue weighted by atomic mass is 10.2. The molecule has 0 atom stereocenters. The van der Waals surface area contributed by atoms with Crippen molar-refractivity contribution in [2.45, 2.75) is 13.0 Å². The summed E-state index contributed by atoms with van der Waals surface area (Å²) in [5.41, 5.74) is 7.73. The second-order valence-corrected chi connectivity index (χ2v) is 4.69. The van der Waals surface area contributed by atoms with Gasteiger partial charge in [0.25, 0.3) is 0 Å². The number of benzene rings is 1. The standard InChI is InChI=1S/C15H17ClN2O2/c1-19-14-9-13(16)8-12(10-17)15(14)20-7-4-11-2-5-18-6-3-11/h2-3,5-6,8-9H,4,7,10,17H2,1H3. The van der Waals surface area contributed by atoms with E-state index in [1.807, 2.05) is 12.1 Å². The topological polar surface area (TPSA) is 57.4 Å². The molecule has 5 heteroatoms. The average Bonchev–Trinajstić information content (AvgIpc) is 2.49. The number of pyridine rings is 1. The molecule has 1 heterocycles. The highest BCUT2D eigenvalue weighted by atomic mass is 35.5. The number of hydrogen-bond donors (Lipinski definition) is 1. The summed E-state index contributed by atoms with van der Waals surface area (Å²) in [5.74, 6) is 1.26. The average molecular weight is 293 g/mol. The highest BCUT2D eigenvalue weighted by Gasteiger charge is 2.11. The Kier molecular flexibility index (Phi) is 5.21. The fourth-order valence-corrected chi connectivity index (χ4v) is 2.14. The molecule has 0 radical (unpaired) electrons. The largest absolute Gasteiger partial charge is 0.493 e. The number of methoxy groups -OCH3 is 1. The molecule has 0 saturated carbocycles. The first kappa shape index (κ1) is 14.6. The molecule has 0 bridgehead atoms. The molecule has 2 rings (SSSR count). The van der Waals surface area contributed by atoms with Crippen molar-refractivity contribution >= 4 is 11.6 Å². The second-order valence-electron chi connectivity index (χ2n) is 4.25. The van der Waals surface area contributed by atoms with Gasteiger partial charge in [0.1, 0.15) is 0 Å². The molecule has 0 aliphatic rings. The van der Waals surface area contributed by atoms with Crippen LogP contribution < -0.4 is 15.2 Å². The molecule has 2 aromatic rings. The molecule has 0 aliphatic carbocycles. The Morgan fingerprint density at radius 3 is 2.65 bits per heavy atom. The lowest BCUT2D eigenvalue weighted by Gasteiger charge is -2.15. The molecule has 0 saturated heterocycles. The van der Waals surface area contributed by atoms with Gasteiger partial charge in [0.2, 0.25) is 0 Å².